The van der Waals surface area contributed by atoms with Crippen molar-refractivity contribution in [1.29, 1.82) is 5.26 Å². The molecule has 2 atom stereocenters. The number of unbranched alkanes of at least 4 members (excludes halogenated alkanes) is 3. The maximum absolute atomic E-state index is 9.14. The van der Waals surface area contributed by atoms with Gasteiger partial charge in [0.1, 0.15) is 5.54 Å². The molecule has 0 aromatic rings. The summed E-state index contributed by atoms with van der Waals surface area (Å²) in [5, 5.41) is 12.4. The lowest BCUT2D eigenvalue weighted by Gasteiger charge is -2.22. The van der Waals surface area contributed by atoms with E-state index in [2.05, 4.69) is 25.2 Å². The molecule has 0 amide bonds. The second-order valence-corrected chi connectivity index (χ2v) is 5.61. The second kappa shape index (κ2) is 11.3. The minimum atomic E-state index is -0.400. The molecule has 0 saturated carbocycles. The molecule has 1 N–H and O–H groups in total. The van der Waals surface area contributed by atoms with Crippen molar-refractivity contribution in [3.8, 4) is 6.07 Å². The topological polar surface area (TPSA) is 45.0 Å². The smallest absolute Gasteiger partial charge is 0.104 e. The summed E-state index contributed by atoms with van der Waals surface area (Å²) in [7, 11) is 0. The third kappa shape index (κ3) is 9.92. The van der Waals surface area contributed by atoms with Crippen LogP contribution in [0.5, 0.6) is 0 Å². The lowest BCUT2D eigenvalue weighted by atomic mass is 9.98. The fraction of sp³-hybridized carbons (Fsp3) is 0.938. The Morgan fingerprint density at radius 3 is 2.53 bits per heavy atom. The molecule has 112 valence electrons. The summed E-state index contributed by atoms with van der Waals surface area (Å²) in [6, 6.07) is 2.35. The Labute approximate surface area is 119 Å². The summed E-state index contributed by atoms with van der Waals surface area (Å²) in [5.41, 5.74) is -0.400. The molecular weight excluding hydrogens is 236 g/mol. The van der Waals surface area contributed by atoms with Crippen LogP contribution in [0.25, 0.3) is 0 Å². The van der Waals surface area contributed by atoms with Crippen LogP contribution < -0.4 is 5.32 Å². The van der Waals surface area contributed by atoms with Crippen molar-refractivity contribution in [1.82, 2.24) is 5.32 Å². The first kappa shape index (κ1) is 18.4. The van der Waals surface area contributed by atoms with Crippen molar-refractivity contribution in [3.63, 3.8) is 0 Å². The molecule has 0 aromatic heterocycles. The first-order valence-corrected chi connectivity index (χ1v) is 7.85. The minimum absolute atomic E-state index is 0.351. The normalized spacial score (nSPS) is 15.7. The van der Waals surface area contributed by atoms with Crippen molar-refractivity contribution in [2.24, 2.45) is 0 Å². The molecule has 0 aliphatic rings. The van der Waals surface area contributed by atoms with Gasteiger partial charge in [-0.05, 0) is 39.7 Å². The summed E-state index contributed by atoms with van der Waals surface area (Å²) in [5.74, 6) is 0. The van der Waals surface area contributed by atoms with E-state index in [-0.39, 0.29) is 0 Å². The molecule has 0 bridgehead atoms. The van der Waals surface area contributed by atoms with E-state index in [1.54, 1.807) is 0 Å². The molecule has 19 heavy (non-hydrogen) atoms. The monoisotopic (exact) mass is 268 g/mol. The lowest BCUT2D eigenvalue weighted by Crippen LogP contribution is -2.40. The third-order valence-electron chi connectivity index (χ3n) is 3.50. The van der Waals surface area contributed by atoms with Gasteiger partial charge in [-0.2, -0.15) is 5.26 Å². The van der Waals surface area contributed by atoms with Gasteiger partial charge in [0.05, 0.1) is 12.2 Å². The average molecular weight is 268 g/mol. The van der Waals surface area contributed by atoms with Gasteiger partial charge in [-0.1, -0.05) is 39.5 Å². The molecule has 3 nitrogen and oxygen atoms in total. The zero-order valence-corrected chi connectivity index (χ0v) is 13.3. The highest BCUT2D eigenvalue weighted by atomic mass is 16.5. The van der Waals surface area contributed by atoms with E-state index >= 15 is 0 Å². The summed E-state index contributed by atoms with van der Waals surface area (Å²) in [6.45, 7) is 9.97. The highest BCUT2D eigenvalue weighted by molar-refractivity contribution is 5.03. The second-order valence-electron chi connectivity index (χ2n) is 5.61. The average Bonchev–Trinajstić information content (AvgIpc) is 2.40. The third-order valence-corrected chi connectivity index (χ3v) is 3.50. The van der Waals surface area contributed by atoms with Crippen LogP contribution in [0.2, 0.25) is 0 Å². The van der Waals surface area contributed by atoms with E-state index in [0.29, 0.717) is 6.10 Å². The molecule has 0 saturated heterocycles. The van der Waals surface area contributed by atoms with Gasteiger partial charge in [-0.3, -0.25) is 5.32 Å². The van der Waals surface area contributed by atoms with Crippen molar-refractivity contribution < 1.29 is 4.74 Å². The van der Waals surface area contributed by atoms with E-state index in [1.165, 1.54) is 25.7 Å². The number of ether oxygens (including phenoxy) is 1. The Kier molecular flexibility index (Phi) is 10.9. The van der Waals surface area contributed by atoms with E-state index in [1.807, 2.05) is 13.8 Å². The quantitative estimate of drug-likeness (QED) is 0.543. The van der Waals surface area contributed by atoms with Crippen molar-refractivity contribution >= 4 is 0 Å². The lowest BCUT2D eigenvalue weighted by molar-refractivity contribution is 0.0538. The molecule has 0 aromatic carbocycles. The minimum Gasteiger partial charge on any atom is -0.379 e. The molecule has 0 radical (unpaired) electrons. The van der Waals surface area contributed by atoms with Gasteiger partial charge in [0, 0.05) is 6.61 Å². The van der Waals surface area contributed by atoms with Gasteiger partial charge in [0.15, 0.2) is 0 Å². The number of hydrogen-bond donors (Lipinski definition) is 1. The first-order valence-electron chi connectivity index (χ1n) is 7.85. The van der Waals surface area contributed by atoms with Crippen LogP contribution in [0.15, 0.2) is 0 Å². The highest BCUT2D eigenvalue weighted by Crippen LogP contribution is 2.13. The largest absolute Gasteiger partial charge is 0.379 e. The Morgan fingerprint density at radius 1 is 1.21 bits per heavy atom. The maximum atomic E-state index is 9.14. The number of rotatable bonds is 12. The number of nitriles is 1. The fourth-order valence-corrected chi connectivity index (χ4v) is 2.23. The maximum Gasteiger partial charge on any atom is 0.104 e. The molecule has 0 fully saturated rings. The van der Waals surface area contributed by atoms with Crippen LogP contribution in [0.1, 0.15) is 72.6 Å². The number of nitrogens with one attached hydrogen (secondary N) is 1. The van der Waals surface area contributed by atoms with Crippen LogP contribution in [0.4, 0.5) is 0 Å². The summed E-state index contributed by atoms with van der Waals surface area (Å²) < 4.78 is 5.80. The first-order chi connectivity index (χ1) is 9.08. The molecular formula is C16H32N2O. The highest BCUT2D eigenvalue weighted by Gasteiger charge is 2.21. The van der Waals surface area contributed by atoms with Crippen LogP contribution >= 0.6 is 0 Å². The van der Waals surface area contributed by atoms with Crippen molar-refractivity contribution in [3.05, 3.63) is 0 Å². The van der Waals surface area contributed by atoms with Crippen molar-refractivity contribution in [2.75, 3.05) is 13.2 Å². The summed E-state index contributed by atoms with van der Waals surface area (Å²) >= 11 is 0. The zero-order chi connectivity index (χ0) is 14.6. The molecule has 0 aliphatic heterocycles. The predicted octanol–water partition coefficient (Wildman–Crippen LogP) is 4.03. The zero-order valence-electron chi connectivity index (χ0n) is 13.3. The van der Waals surface area contributed by atoms with Crippen molar-refractivity contribution in [2.45, 2.75) is 84.3 Å². The van der Waals surface area contributed by atoms with E-state index in [0.717, 1.165) is 32.4 Å². The van der Waals surface area contributed by atoms with Gasteiger partial charge in [-0.15, -0.1) is 0 Å². The fourth-order valence-electron chi connectivity index (χ4n) is 2.23. The van der Waals surface area contributed by atoms with Crippen LogP contribution in [-0.4, -0.2) is 24.8 Å². The molecule has 3 heteroatoms. The number of hydrogen-bond acceptors (Lipinski definition) is 3. The summed E-state index contributed by atoms with van der Waals surface area (Å²) in [6.07, 6.45) is 8.49. The Bertz CT molecular complexity index is 250. The Morgan fingerprint density at radius 2 is 1.95 bits per heavy atom. The molecule has 2 unspecified atom stereocenters. The van der Waals surface area contributed by atoms with Crippen LogP contribution in [0.3, 0.4) is 0 Å². The van der Waals surface area contributed by atoms with Gasteiger partial charge in [0.25, 0.3) is 0 Å². The Hall–Kier alpha value is -0.590. The van der Waals surface area contributed by atoms with Gasteiger partial charge in [0.2, 0.25) is 0 Å². The van der Waals surface area contributed by atoms with Gasteiger partial charge < -0.3 is 4.74 Å². The van der Waals surface area contributed by atoms with Crippen LogP contribution in [0, 0.1) is 11.3 Å². The molecule has 0 spiro atoms. The predicted molar refractivity (Wildman–Crippen MR) is 81.1 cm³/mol. The molecule has 0 aliphatic carbocycles. The SMILES string of the molecule is CCCCCCC(C)OCCCC(C)(C#N)NCC. The van der Waals surface area contributed by atoms with E-state index in [9.17, 15) is 0 Å². The standard InChI is InChI=1S/C16H32N2O/c1-5-7-8-9-11-15(3)19-13-10-12-16(4,14-17)18-6-2/h15,18H,5-13H2,1-4H3. The molecule has 0 heterocycles. The van der Waals surface area contributed by atoms with E-state index in [4.69, 9.17) is 10.00 Å². The number of nitrogens with zero attached hydrogens (tertiary/aromatic N) is 1. The Balaban J connectivity index is 3.59. The van der Waals surface area contributed by atoms with E-state index < -0.39 is 5.54 Å². The van der Waals surface area contributed by atoms with Gasteiger partial charge >= 0.3 is 0 Å². The van der Waals surface area contributed by atoms with Crippen LogP contribution in [-0.2, 0) is 4.74 Å². The van der Waals surface area contributed by atoms with Gasteiger partial charge in [-0.25, -0.2) is 0 Å². The summed E-state index contributed by atoms with van der Waals surface area (Å²) in [4.78, 5) is 0. The molecule has 0 rings (SSSR count).